The molecule has 0 bridgehead atoms. The number of ether oxygens (including phenoxy) is 2. The second-order valence-electron chi connectivity index (χ2n) is 6.93. The Morgan fingerprint density at radius 1 is 1.16 bits per heavy atom. The highest BCUT2D eigenvalue weighted by Crippen LogP contribution is 2.33. The summed E-state index contributed by atoms with van der Waals surface area (Å²) in [6.07, 6.45) is 1.28. The molecule has 1 fully saturated rings. The average Bonchev–Trinajstić information content (AvgIpc) is 2.79. The first kappa shape index (κ1) is 22.1. The van der Waals surface area contributed by atoms with Gasteiger partial charge in [0.25, 0.3) is 11.5 Å². The summed E-state index contributed by atoms with van der Waals surface area (Å²) in [5.41, 5.74) is -0.373. The van der Waals surface area contributed by atoms with Crippen LogP contribution in [-0.4, -0.2) is 59.6 Å². The molecule has 0 aliphatic carbocycles. The molecule has 11 heteroatoms. The molecule has 9 nitrogen and oxygen atoms in total. The van der Waals surface area contributed by atoms with Crippen LogP contribution in [0, 0.1) is 0 Å². The van der Waals surface area contributed by atoms with Gasteiger partial charge in [-0.2, -0.15) is 5.10 Å². The lowest BCUT2D eigenvalue weighted by Gasteiger charge is -2.26. The van der Waals surface area contributed by atoms with Crippen molar-refractivity contribution in [1.82, 2.24) is 14.6 Å². The van der Waals surface area contributed by atoms with Crippen LogP contribution in [-0.2, 0) is 9.53 Å². The van der Waals surface area contributed by atoms with E-state index in [0.29, 0.717) is 42.8 Å². The highest BCUT2D eigenvalue weighted by molar-refractivity contribution is 6.37. The zero-order chi connectivity index (χ0) is 22.7. The van der Waals surface area contributed by atoms with Crippen LogP contribution in [0.5, 0.6) is 5.75 Å². The second-order valence-corrected chi connectivity index (χ2v) is 7.75. The monoisotopic (exact) mass is 476 g/mol. The van der Waals surface area contributed by atoms with Gasteiger partial charge in [-0.3, -0.25) is 9.59 Å². The van der Waals surface area contributed by atoms with Crippen molar-refractivity contribution in [3.8, 4) is 5.75 Å². The molecule has 2 heterocycles. The number of halogens is 2. The standard InChI is InChI=1S/C21H18Cl2N4O5/c22-15-9-13(10-16(23)19(15)32-12-18(28)26-5-7-31-8-6-26)11-24-27-20(29)14-3-1-2-4-17(14)25-21(27)30/h1-4,9-11H,5-8,12H2,(H,25,30). The number of carbonyl (C=O) groups is 1. The molecule has 4 rings (SSSR count). The highest BCUT2D eigenvalue weighted by Gasteiger charge is 2.19. The zero-order valence-electron chi connectivity index (χ0n) is 16.7. The summed E-state index contributed by atoms with van der Waals surface area (Å²) in [4.78, 5) is 41.3. The number of benzene rings is 2. The fraction of sp³-hybridized carbons (Fsp3) is 0.238. The Labute approximate surface area is 191 Å². The van der Waals surface area contributed by atoms with Gasteiger partial charge >= 0.3 is 5.69 Å². The number of rotatable bonds is 5. The number of aromatic nitrogens is 2. The topological polar surface area (TPSA) is 106 Å². The molecule has 0 unspecified atom stereocenters. The van der Waals surface area contributed by atoms with Gasteiger partial charge in [-0.25, -0.2) is 4.79 Å². The Bertz CT molecular complexity index is 1290. The smallest absolute Gasteiger partial charge is 0.349 e. The van der Waals surface area contributed by atoms with Crippen molar-refractivity contribution in [3.63, 3.8) is 0 Å². The van der Waals surface area contributed by atoms with Crippen LogP contribution in [0.1, 0.15) is 5.56 Å². The molecule has 0 spiro atoms. The van der Waals surface area contributed by atoms with Gasteiger partial charge in [0.05, 0.1) is 40.4 Å². The van der Waals surface area contributed by atoms with Gasteiger partial charge in [-0.15, -0.1) is 4.68 Å². The molecule has 3 aromatic rings. The molecule has 1 aliphatic rings. The van der Waals surface area contributed by atoms with Gasteiger partial charge in [0.15, 0.2) is 12.4 Å². The minimum Gasteiger partial charge on any atom is -0.481 e. The number of carbonyl (C=O) groups excluding carboxylic acids is 1. The Hall–Kier alpha value is -3.14. The van der Waals surface area contributed by atoms with Crippen LogP contribution in [0.25, 0.3) is 10.9 Å². The van der Waals surface area contributed by atoms with E-state index in [0.717, 1.165) is 4.68 Å². The first-order valence-electron chi connectivity index (χ1n) is 9.70. The minimum atomic E-state index is -0.677. The zero-order valence-corrected chi connectivity index (χ0v) is 18.2. The summed E-state index contributed by atoms with van der Waals surface area (Å²) in [5.74, 6) is -0.0335. The molecule has 0 atom stereocenters. The van der Waals surface area contributed by atoms with E-state index in [-0.39, 0.29) is 28.3 Å². The molecule has 1 N–H and O–H groups in total. The number of morpholine rings is 1. The Morgan fingerprint density at radius 2 is 1.84 bits per heavy atom. The number of H-pyrrole nitrogens is 1. The first-order chi connectivity index (χ1) is 15.4. The van der Waals surface area contributed by atoms with Crippen molar-refractivity contribution >= 4 is 46.2 Å². The summed E-state index contributed by atoms with van der Waals surface area (Å²) in [6, 6.07) is 9.65. The Balaban J connectivity index is 1.53. The van der Waals surface area contributed by atoms with E-state index in [2.05, 4.69) is 10.1 Å². The van der Waals surface area contributed by atoms with Crippen LogP contribution in [0.2, 0.25) is 10.0 Å². The third-order valence-electron chi connectivity index (χ3n) is 4.83. The molecule has 32 heavy (non-hydrogen) atoms. The lowest BCUT2D eigenvalue weighted by Crippen LogP contribution is -2.43. The molecule has 0 radical (unpaired) electrons. The van der Waals surface area contributed by atoms with E-state index >= 15 is 0 Å². The normalized spacial score (nSPS) is 14.2. The van der Waals surface area contributed by atoms with Crippen LogP contribution >= 0.6 is 23.2 Å². The van der Waals surface area contributed by atoms with Crippen molar-refractivity contribution in [1.29, 1.82) is 0 Å². The van der Waals surface area contributed by atoms with Crippen molar-refractivity contribution in [2.75, 3.05) is 32.9 Å². The van der Waals surface area contributed by atoms with Crippen LogP contribution in [0.4, 0.5) is 0 Å². The van der Waals surface area contributed by atoms with Gasteiger partial charge < -0.3 is 19.4 Å². The lowest BCUT2D eigenvalue weighted by atomic mass is 10.2. The molecular formula is C21H18Cl2N4O5. The highest BCUT2D eigenvalue weighted by atomic mass is 35.5. The maximum atomic E-state index is 12.6. The van der Waals surface area contributed by atoms with Gasteiger partial charge in [-0.1, -0.05) is 35.3 Å². The predicted octanol–water partition coefficient (Wildman–Crippen LogP) is 2.12. The van der Waals surface area contributed by atoms with Crippen LogP contribution in [0.15, 0.2) is 51.1 Å². The Morgan fingerprint density at radius 3 is 2.56 bits per heavy atom. The molecule has 0 saturated carbocycles. The SMILES string of the molecule is O=C(COc1c(Cl)cc(C=Nn2c(=O)[nH]c3ccccc3c2=O)cc1Cl)N1CCOCC1. The number of hydrogen-bond donors (Lipinski definition) is 1. The van der Waals surface area contributed by atoms with E-state index in [9.17, 15) is 14.4 Å². The van der Waals surface area contributed by atoms with E-state index in [1.54, 1.807) is 29.2 Å². The van der Waals surface area contributed by atoms with Crippen molar-refractivity contribution in [2.45, 2.75) is 0 Å². The van der Waals surface area contributed by atoms with E-state index in [4.69, 9.17) is 32.7 Å². The maximum absolute atomic E-state index is 12.6. The number of aromatic amines is 1. The number of fused-ring (bicyclic) bond motifs is 1. The van der Waals surface area contributed by atoms with Gasteiger partial charge in [0.1, 0.15) is 0 Å². The van der Waals surface area contributed by atoms with Crippen molar-refractivity contribution in [2.24, 2.45) is 5.10 Å². The molecule has 2 aromatic carbocycles. The molecule has 1 saturated heterocycles. The molecule has 166 valence electrons. The van der Waals surface area contributed by atoms with Gasteiger partial charge in [-0.05, 0) is 29.8 Å². The number of nitrogens with one attached hydrogen (secondary N) is 1. The second kappa shape index (κ2) is 9.56. The summed E-state index contributed by atoms with van der Waals surface area (Å²) in [7, 11) is 0. The average molecular weight is 477 g/mol. The fourth-order valence-corrected chi connectivity index (χ4v) is 3.83. The third-order valence-corrected chi connectivity index (χ3v) is 5.39. The minimum absolute atomic E-state index is 0.160. The summed E-state index contributed by atoms with van der Waals surface area (Å²) < 4.78 is 11.5. The fourth-order valence-electron chi connectivity index (χ4n) is 3.21. The van der Waals surface area contributed by atoms with E-state index in [1.807, 2.05) is 0 Å². The van der Waals surface area contributed by atoms with E-state index in [1.165, 1.54) is 18.3 Å². The number of amides is 1. The summed E-state index contributed by atoms with van der Waals surface area (Å²) >= 11 is 12.5. The largest absolute Gasteiger partial charge is 0.481 e. The Kier molecular flexibility index (Phi) is 6.59. The lowest BCUT2D eigenvalue weighted by molar-refractivity contribution is -0.137. The molecule has 1 aliphatic heterocycles. The third kappa shape index (κ3) is 4.69. The van der Waals surface area contributed by atoms with Gasteiger partial charge in [0.2, 0.25) is 0 Å². The quantitative estimate of drug-likeness (QED) is 0.567. The maximum Gasteiger partial charge on any atom is 0.349 e. The molecule has 1 aromatic heterocycles. The number of hydrogen-bond acceptors (Lipinski definition) is 6. The van der Waals surface area contributed by atoms with Gasteiger partial charge in [0, 0.05) is 13.1 Å². The van der Waals surface area contributed by atoms with Crippen molar-refractivity contribution < 1.29 is 14.3 Å². The number of nitrogens with zero attached hydrogens (tertiary/aromatic N) is 3. The van der Waals surface area contributed by atoms with E-state index < -0.39 is 11.2 Å². The summed E-state index contributed by atoms with van der Waals surface area (Å²) in [5, 5.41) is 4.63. The van der Waals surface area contributed by atoms with Crippen LogP contribution < -0.4 is 16.0 Å². The first-order valence-corrected chi connectivity index (χ1v) is 10.5. The van der Waals surface area contributed by atoms with Crippen molar-refractivity contribution in [3.05, 3.63) is 72.8 Å². The summed E-state index contributed by atoms with van der Waals surface area (Å²) in [6.45, 7) is 1.78. The molecular weight excluding hydrogens is 459 g/mol. The van der Waals surface area contributed by atoms with Crippen LogP contribution in [0.3, 0.4) is 0 Å². The predicted molar refractivity (Wildman–Crippen MR) is 121 cm³/mol. The molecule has 1 amide bonds. The number of para-hydroxylation sites is 1.